The number of carbonyl (C=O) groups excluding carboxylic acids is 1. The van der Waals surface area contributed by atoms with Crippen molar-refractivity contribution >= 4 is 6.09 Å². The molecule has 0 aliphatic heterocycles. The highest BCUT2D eigenvalue weighted by Gasteiger charge is 1.82. The predicted octanol–water partition coefficient (Wildman–Crippen LogP) is 0.102. The Kier molecular flexibility index (Phi) is 0.759. The van der Waals surface area contributed by atoms with E-state index in [4.69, 9.17) is 4.19 Å². The van der Waals surface area contributed by atoms with Gasteiger partial charge in [-0.1, -0.05) is 0 Å². The molecule has 1 unspecified atom stereocenters. The van der Waals surface area contributed by atoms with Crippen molar-refractivity contribution in [3.63, 3.8) is 0 Å². The maximum absolute atomic E-state index is 10.2. The third kappa shape index (κ3) is 3.27. The van der Waals surface area contributed by atoms with Gasteiger partial charge in [-0.05, 0) is 6.92 Å². The van der Waals surface area contributed by atoms with Crippen LogP contribution in [0.2, 0.25) is 2.82 Å². The van der Waals surface area contributed by atoms with E-state index in [-0.39, 0.29) is 5.72 Å². The van der Waals surface area contributed by atoms with Gasteiger partial charge >= 0.3 is 6.09 Å². The van der Waals surface area contributed by atoms with Crippen LogP contribution in [0.3, 0.4) is 0 Å². The first-order valence-corrected chi connectivity index (χ1v) is 1.44. The van der Waals surface area contributed by atoms with Crippen LogP contribution in [0.15, 0.2) is 0 Å². The van der Waals surface area contributed by atoms with Crippen molar-refractivity contribution in [1.29, 1.82) is 0 Å². The summed E-state index contributed by atoms with van der Waals surface area (Å²) in [6.07, 6.45) is -1.14. The van der Waals surface area contributed by atoms with Crippen LogP contribution in [-0.2, 0) is 4.74 Å². The zero-order valence-corrected chi connectivity index (χ0v) is 3.34. The minimum absolute atomic E-state index is 0.217. The van der Waals surface area contributed by atoms with Crippen molar-refractivity contribution in [2.45, 2.75) is 6.92 Å². The van der Waals surface area contributed by atoms with Crippen molar-refractivity contribution in [1.82, 2.24) is 0 Å². The van der Waals surface area contributed by atoms with Gasteiger partial charge < -0.3 is 10.5 Å². The second-order valence-corrected chi connectivity index (χ2v) is 0.619. The molecule has 1 amide bonds. The van der Waals surface area contributed by atoms with Crippen LogP contribution < -0.4 is 5.72 Å². The summed E-state index contributed by atoms with van der Waals surface area (Å²) < 4.78 is 23.4. The predicted molar refractivity (Wildman–Crippen MR) is 21.2 cm³/mol. The molecular formula is C3H7NO2. The van der Waals surface area contributed by atoms with Crippen LogP contribution in [0, 0.1) is 0 Å². The molecule has 0 aromatic rings. The Bertz CT molecular complexity index is 105. The molecule has 0 saturated carbocycles. The number of primary amides is 1. The molecule has 6 heavy (non-hydrogen) atoms. The van der Waals surface area contributed by atoms with Gasteiger partial charge in [-0.25, -0.2) is 4.79 Å². The normalized spacial score (nSPS) is 19.2. The van der Waals surface area contributed by atoms with Gasteiger partial charge in [0.1, 0.15) is 0 Å². The fourth-order valence-corrected chi connectivity index (χ4v) is 0.101. The van der Waals surface area contributed by atoms with E-state index in [1.54, 1.807) is 0 Å². The molecule has 0 spiro atoms. The van der Waals surface area contributed by atoms with Gasteiger partial charge in [0.25, 0.3) is 0 Å². The molecule has 0 aliphatic carbocycles. The molecule has 2 N–H and O–H groups in total. The highest BCUT2D eigenvalue weighted by Crippen LogP contribution is 1.66. The summed E-state index contributed by atoms with van der Waals surface area (Å²) in [7, 11) is 0. The van der Waals surface area contributed by atoms with Crippen molar-refractivity contribution < 1.29 is 13.7 Å². The Morgan fingerprint density at radius 2 is 3.17 bits per heavy atom. The standard InChI is InChI=1S/C3H7NO2/c1-2-6-3(4)5/h2H2,1H3,(H2,4,5)/i2D/hD2. The molecule has 0 aromatic carbocycles. The molecule has 0 rings (SSSR count). The Hall–Kier alpha value is -0.730. The lowest BCUT2D eigenvalue weighted by atomic mass is 10.9. The van der Waals surface area contributed by atoms with Crippen molar-refractivity contribution in [3.05, 3.63) is 0 Å². The summed E-state index contributed by atoms with van der Waals surface area (Å²) >= 11 is 0. The molecular weight excluding hydrogens is 82.0 g/mol. The highest BCUT2D eigenvalue weighted by molar-refractivity contribution is 5.64. The fourth-order valence-electron chi connectivity index (χ4n) is 0.101. The monoisotopic (exact) mass is 92.1 g/mol. The molecule has 0 bridgehead atoms. The number of hydrogen-bond acceptors (Lipinski definition) is 2. The number of ether oxygens (including phenoxy) is 1. The highest BCUT2D eigenvalue weighted by atomic mass is 16.5. The SMILES string of the molecule is [2H]C(C)OC(=O)N([2H])[2H]. The van der Waals surface area contributed by atoms with Crippen molar-refractivity contribution in [2.24, 2.45) is 5.72 Å². The van der Waals surface area contributed by atoms with Crippen molar-refractivity contribution in [3.8, 4) is 0 Å². The average Bonchev–Trinajstić information content (AvgIpc) is 1.63. The first kappa shape index (κ1) is 1.82. The molecule has 0 saturated heterocycles. The van der Waals surface area contributed by atoms with E-state index in [0.717, 1.165) is 0 Å². The van der Waals surface area contributed by atoms with Crippen LogP contribution in [0.1, 0.15) is 8.29 Å². The molecule has 0 aliphatic rings. The lowest BCUT2D eigenvalue weighted by Gasteiger charge is -1.89. The van der Waals surface area contributed by atoms with E-state index in [2.05, 4.69) is 4.74 Å². The van der Waals surface area contributed by atoms with Gasteiger partial charge in [-0.3, -0.25) is 0 Å². The molecule has 0 heterocycles. The van der Waals surface area contributed by atoms with Gasteiger partial charge in [-0.2, -0.15) is 0 Å². The van der Waals surface area contributed by atoms with Crippen LogP contribution >= 0.6 is 0 Å². The number of nitrogens with two attached hydrogens (primary N) is 1. The van der Waals surface area contributed by atoms with E-state index in [9.17, 15) is 4.79 Å². The first-order valence-electron chi connectivity index (χ1n) is 2.92. The van der Waals surface area contributed by atoms with Crippen LogP contribution in [0.4, 0.5) is 4.79 Å². The Morgan fingerprint density at radius 3 is 3.33 bits per heavy atom. The van der Waals surface area contributed by atoms with E-state index < -0.39 is 12.7 Å². The zero-order chi connectivity index (χ0) is 7.44. The van der Waals surface area contributed by atoms with E-state index in [1.807, 2.05) is 0 Å². The lowest BCUT2D eigenvalue weighted by Crippen LogP contribution is -2.11. The maximum Gasteiger partial charge on any atom is 0.404 e. The van der Waals surface area contributed by atoms with Crippen molar-refractivity contribution in [2.75, 3.05) is 6.58 Å². The minimum atomic E-state index is -1.14. The number of amides is 1. The molecule has 1 atom stereocenters. The van der Waals surface area contributed by atoms with Gasteiger partial charge in [0.2, 0.25) is 0 Å². The number of rotatable bonds is 1. The fraction of sp³-hybridized carbons (Fsp3) is 0.667. The van der Waals surface area contributed by atoms with Crippen LogP contribution in [0.5, 0.6) is 0 Å². The van der Waals surface area contributed by atoms with Crippen LogP contribution in [0.25, 0.3) is 0 Å². The second kappa shape index (κ2) is 2.50. The molecule has 0 aromatic heterocycles. The van der Waals surface area contributed by atoms with E-state index in [0.29, 0.717) is 0 Å². The quantitative estimate of drug-likeness (QED) is 0.498. The Balaban J connectivity index is 3.51. The molecule has 36 valence electrons. The number of hydrogen-bond donors (Lipinski definition) is 1. The number of carbonyl (C=O) groups is 1. The Morgan fingerprint density at radius 1 is 2.50 bits per heavy atom. The van der Waals surface area contributed by atoms with E-state index in [1.165, 1.54) is 6.92 Å². The second-order valence-electron chi connectivity index (χ2n) is 0.619. The first-order chi connectivity index (χ1) is 4.04. The Labute approximate surface area is 40.4 Å². The largest absolute Gasteiger partial charge is 0.450 e. The van der Waals surface area contributed by atoms with Gasteiger partial charge in [0, 0.05) is 0 Å². The molecule has 3 heteroatoms. The maximum atomic E-state index is 10.2. The van der Waals surface area contributed by atoms with Gasteiger partial charge in [0.15, 0.2) is 2.82 Å². The van der Waals surface area contributed by atoms with E-state index >= 15 is 0 Å². The molecule has 0 radical (unpaired) electrons. The third-order valence-electron chi connectivity index (χ3n) is 0.219. The molecule has 3 nitrogen and oxygen atoms in total. The van der Waals surface area contributed by atoms with Gasteiger partial charge in [0.05, 0.1) is 7.95 Å². The average molecular weight is 92.1 g/mol. The smallest absolute Gasteiger partial charge is 0.404 e. The molecule has 0 fully saturated rings. The summed E-state index contributed by atoms with van der Waals surface area (Å²) in [4.78, 5) is 10.2. The van der Waals surface area contributed by atoms with Gasteiger partial charge in [-0.15, -0.1) is 0 Å². The summed E-state index contributed by atoms with van der Waals surface area (Å²) in [5.41, 5.74) is -0.217. The summed E-state index contributed by atoms with van der Waals surface area (Å²) in [6.45, 7) is 0.303. The minimum Gasteiger partial charge on any atom is -0.450 e. The summed E-state index contributed by atoms with van der Waals surface area (Å²) in [5, 5.41) is 0. The summed E-state index contributed by atoms with van der Waals surface area (Å²) in [5.74, 6) is 0. The topological polar surface area (TPSA) is 52.3 Å². The lowest BCUT2D eigenvalue weighted by molar-refractivity contribution is 0.163. The van der Waals surface area contributed by atoms with Crippen LogP contribution in [-0.4, -0.2) is 12.7 Å². The summed E-state index contributed by atoms with van der Waals surface area (Å²) in [6, 6.07) is 0. The zero-order valence-electron chi connectivity index (χ0n) is 6.34. The third-order valence-corrected chi connectivity index (χ3v) is 0.219.